The Bertz CT molecular complexity index is 1560. The first kappa shape index (κ1) is 25.9. The second kappa shape index (κ2) is 10.5. The third-order valence-corrected chi connectivity index (χ3v) is 7.58. The van der Waals surface area contributed by atoms with Gasteiger partial charge < -0.3 is 10.2 Å². The topological polar surface area (TPSA) is 110 Å². The molecule has 1 aliphatic heterocycles. The van der Waals surface area contributed by atoms with Crippen LogP contribution in [0.3, 0.4) is 0 Å². The average molecular weight is 597 g/mol. The lowest BCUT2D eigenvalue weighted by atomic mass is 9.89. The molecule has 1 N–H and O–H groups in total. The molecule has 38 heavy (non-hydrogen) atoms. The van der Waals surface area contributed by atoms with Crippen molar-refractivity contribution in [3.63, 3.8) is 0 Å². The molecule has 9 nitrogen and oxygen atoms in total. The number of aromatic nitrogens is 2. The number of nitrogens with zero attached hydrogens (tertiary/aromatic N) is 4. The number of hydrogen-bond donors (Lipinski definition) is 1. The van der Waals surface area contributed by atoms with Crippen LogP contribution in [0.1, 0.15) is 50.7 Å². The molecule has 0 atom stereocenters. The van der Waals surface area contributed by atoms with E-state index < -0.39 is 10.8 Å². The van der Waals surface area contributed by atoms with Crippen LogP contribution in [0.15, 0.2) is 65.4 Å². The Balaban J connectivity index is 1.22. The molecule has 0 saturated carbocycles. The van der Waals surface area contributed by atoms with Crippen molar-refractivity contribution in [2.45, 2.75) is 25.7 Å². The summed E-state index contributed by atoms with van der Waals surface area (Å²) in [5.74, 6) is -0.214. The van der Waals surface area contributed by atoms with E-state index in [0.717, 1.165) is 28.5 Å². The number of rotatable bonds is 5. The fraction of sp³-hybridized carbons (Fsp3) is 0.222. The summed E-state index contributed by atoms with van der Waals surface area (Å²) in [6.07, 6.45) is 5.11. The molecule has 194 valence electrons. The number of carbonyl (C=O) groups excluding carboxylic acids is 2. The second-order valence-corrected chi connectivity index (χ2v) is 10.6. The first-order chi connectivity index (χ1) is 18.2. The van der Waals surface area contributed by atoms with E-state index in [2.05, 4.69) is 26.2 Å². The van der Waals surface area contributed by atoms with Gasteiger partial charge in [-0.15, -0.1) is 0 Å². The Hall–Kier alpha value is -3.76. The van der Waals surface area contributed by atoms with Crippen LogP contribution in [-0.4, -0.2) is 44.1 Å². The number of anilines is 1. The molecule has 0 unspecified atom stereocenters. The zero-order valence-electron chi connectivity index (χ0n) is 20.4. The summed E-state index contributed by atoms with van der Waals surface area (Å²) in [4.78, 5) is 42.9. The van der Waals surface area contributed by atoms with Gasteiger partial charge in [0.2, 0.25) is 0 Å². The number of pyridine rings is 1. The molecule has 1 aliphatic rings. The van der Waals surface area contributed by atoms with E-state index in [1.165, 1.54) is 19.1 Å². The predicted octanol–water partition coefficient (Wildman–Crippen LogP) is 6.24. The van der Waals surface area contributed by atoms with Gasteiger partial charge in [0.05, 0.1) is 16.7 Å². The Morgan fingerprint density at radius 3 is 2.53 bits per heavy atom. The molecule has 2 amide bonds. The van der Waals surface area contributed by atoms with Gasteiger partial charge in [-0.05, 0) is 77.5 Å². The molecule has 0 spiro atoms. The summed E-state index contributed by atoms with van der Waals surface area (Å²) >= 11 is 9.44. The molecule has 5 rings (SSSR count). The number of amides is 2. The maximum absolute atomic E-state index is 13.2. The highest BCUT2D eigenvalue weighted by Crippen LogP contribution is 2.31. The number of nitro benzene ring substituents is 1. The van der Waals surface area contributed by atoms with Crippen LogP contribution in [-0.2, 0) is 0 Å². The Morgan fingerprint density at radius 2 is 1.84 bits per heavy atom. The molecular weight excluding hydrogens is 574 g/mol. The molecular formula is C27H23BrClN5O4. The highest BCUT2D eigenvalue weighted by atomic mass is 79.9. The SMILES string of the molecule is Cc1c(C(=O)Nc2ccc(C3CCN(C(=O)c4cnc5ccc(Br)cn45)CC3)cc2)cc(Cl)cc1[N+](=O)[O-]. The fourth-order valence-electron chi connectivity index (χ4n) is 4.82. The monoisotopic (exact) mass is 595 g/mol. The lowest BCUT2D eigenvalue weighted by Crippen LogP contribution is -2.38. The van der Waals surface area contributed by atoms with Crippen LogP contribution in [0.4, 0.5) is 11.4 Å². The minimum absolute atomic E-state index is 0.0383. The number of nitrogens with one attached hydrogen (secondary N) is 1. The van der Waals surface area contributed by atoms with Crippen LogP contribution < -0.4 is 5.32 Å². The van der Waals surface area contributed by atoms with Crippen LogP contribution in [0.5, 0.6) is 0 Å². The van der Waals surface area contributed by atoms with E-state index >= 15 is 0 Å². The van der Waals surface area contributed by atoms with Gasteiger partial charge in [-0.1, -0.05) is 23.7 Å². The maximum atomic E-state index is 13.2. The van der Waals surface area contributed by atoms with Crippen molar-refractivity contribution < 1.29 is 14.5 Å². The normalized spacial score (nSPS) is 14.0. The molecule has 2 aromatic carbocycles. The summed E-state index contributed by atoms with van der Waals surface area (Å²) in [6, 6.07) is 14.0. The Morgan fingerprint density at radius 1 is 1.13 bits per heavy atom. The molecule has 4 aromatic rings. The quantitative estimate of drug-likeness (QED) is 0.217. The smallest absolute Gasteiger partial charge is 0.274 e. The Kier molecular flexibility index (Phi) is 7.18. The number of benzene rings is 2. The Labute approximate surface area is 231 Å². The summed E-state index contributed by atoms with van der Waals surface area (Å²) < 4.78 is 2.67. The van der Waals surface area contributed by atoms with Gasteiger partial charge in [0.25, 0.3) is 17.5 Å². The van der Waals surface area contributed by atoms with Gasteiger partial charge in [0.15, 0.2) is 0 Å². The highest BCUT2D eigenvalue weighted by molar-refractivity contribution is 9.10. The van der Waals surface area contributed by atoms with E-state index in [9.17, 15) is 19.7 Å². The number of likely N-dealkylation sites (tertiary alicyclic amines) is 1. The molecule has 0 bridgehead atoms. The minimum atomic E-state index is -0.553. The van der Waals surface area contributed by atoms with Crippen LogP contribution >= 0.6 is 27.5 Å². The van der Waals surface area contributed by atoms with Crippen molar-refractivity contribution >= 4 is 56.4 Å². The maximum Gasteiger partial charge on any atom is 0.274 e. The summed E-state index contributed by atoms with van der Waals surface area (Å²) in [6.45, 7) is 2.80. The van der Waals surface area contributed by atoms with Crippen LogP contribution in [0.25, 0.3) is 5.65 Å². The van der Waals surface area contributed by atoms with Gasteiger partial charge in [-0.25, -0.2) is 4.98 Å². The van der Waals surface area contributed by atoms with Gasteiger partial charge >= 0.3 is 0 Å². The van der Waals surface area contributed by atoms with Crippen LogP contribution in [0.2, 0.25) is 5.02 Å². The number of halogens is 2. The van der Waals surface area contributed by atoms with Crippen LogP contribution in [0, 0.1) is 17.0 Å². The van der Waals surface area contributed by atoms with Crippen molar-refractivity contribution in [1.29, 1.82) is 0 Å². The molecule has 11 heteroatoms. The van der Waals surface area contributed by atoms with Crippen molar-refractivity contribution in [3.8, 4) is 0 Å². The summed E-state index contributed by atoms with van der Waals surface area (Å²) in [5, 5.41) is 14.2. The van der Waals surface area contributed by atoms with E-state index in [1.54, 1.807) is 10.6 Å². The van der Waals surface area contributed by atoms with Crippen molar-refractivity contribution in [3.05, 3.63) is 103 Å². The standard InChI is InChI=1S/C27H23BrClN5O4/c1-16-22(12-20(29)13-23(16)34(37)38)26(35)31-21-5-2-17(3-6-21)18-8-10-32(11-9-18)27(36)24-14-30-25-7-4-19(28)15-33(24)25/h2-7,12-15,18H,8-11H2,1H3,(H,31,35). The van der Waals surface area contributed by atoms with Gasteiger partial charge in [-0.2, -0.15) is 0 Å². The lowest BCUT2D eigenvalue weighted by molar-refractivity contribution is -0.385. The van der Waals surface area contributed by atoms with Gasteiger partial charge in [0.1, 0.15) is 11.3 Å². The first-order valence-corrected chi connectivity index (χ1v) is 13.2. The third-order valence-electron chi connectivity index (χ3n) is 6.90. The number of hydrogen-bond acceptors (Lipinski definition) is 5. The number of fused-ring (bicyclic) bond motifs is 1. The van der Waals surface area contributed by atoms with Crippen molar-refractivity contribution in [2.75, 3.05) is 18.4 Å². The molecule has 0 aliphatic carbocycles. The summed E-state index contributed by atoms with van der Waals surface area (Å²) in [5.41, 5.74) is 3.19. The average Bonchev–Trinajstić information content (AvgIpc) is 3.32. The van der Waals surface area contributed by atoms with Crippen molar-refractivity contribution in [2.24, 2.45) is 0 Å². The molecule has 3 heterocycles. The predicted molar refractivity (Wildman–Crippen MR) is 148 cm³/mol. The summed E-state index contributed by atoms with van der Waals surface area (Å²) in [7, 11) is 0. The van der Waals surface area contributed by atoms with E-state index in [4.69, 9.17) is 11.6 Å². The zero-order valence-corrected chi connectivity index (χ0v) is 22.7. The fourth-order valence-corrected chi connectivity index (χ4v) is 5.37. The minimum Gasteiger partial charge on any atom is -0.337 e. The lowest BCUT2D eigenvalue weighted by Gasteiger charge is -2.32. The van der Waals surface area contributed by atoms with E-state index in [0.29, 0.717) is 24.5 Å². The number of nitro groups is 1. The second-order valence-electron chi connectivity index (χ2n) is 9.22. The number of imidazole rings is 1. The van der Waals surface area contributed by atoms with Gasteiger partial charge in [-0.3, -0.25) is 24.1 Å². The molecule has 2 aromatic heterocycles. The first-order valence-electron chi connectivity index (χ1n) is 12.0. The van der Waals surface area contributed by atoms with E-state index in [-0.39, 0.29) is 33.7 Å². The van der Waals surface area contributed by atoms with Crippen molar-refractivity contribution in [1.82, 2.24) is 14.3 Å². The largest absolute Gasteiger partial charge is 0.337 e. The number of piperidine rings is 1. The highest BCUT2D eigenvalue weighted by Gasteiger charge is 2.26. The molecule has 1 fully saturated rings. The third kappa shape index (κ3) is 5.14. The van der Waals surface area contributed by atoms with E-state index in [1.807, 2.05) is 47.5 Å². The molecule has 0 radical (unpaired) electrons. The number of carbonyl (C=O) groups is 2. The molecule has 1 saturated heterocycles. The zero-order chi connectivity index (χ0) is 27.0. The van der Waals surface area contributed by atoms with Gasteiger partial charge in [0, 0.05) is 46.1 Å².